The van der Waals surface area contributed by atoms with Crippen LogP contribution in [0.4, 0.5) is 0 Å². The van der Waals surface area contributed by atoms with Crippen LogP contribution >= 0.6 is 0 Å². The van der Waals surface area contributed by atoms with Crippen LogP contribution in [0.3, 0.4) is 0 Å². The number of hydrogen-bond acceptors (Lipinski definition) is 1. The van der Waals surface area contributed by atoms with Crippen molar-refractivity contribution in [2.75, 3.05) is 13.1 Å². The Labute approximate surface area is 122 Å². The number of likely N-dealkylation sites (tertiary alicyclic amines) is 1. The summed E-state index contributed by atoms with van der Waals surface area (Å²) in [6, 6.07) is 6.88. The van der Waals surface area contributed by atoms with Gasteiger partial charge in [0.2, 0.25) is 0 Å². The summed E-state index contributed by atoms with van der Waals surface area (Å²) in [6.07, 6.45) is 8.65. The fraction of sp³-hybridized carbons (Fsp3) is 0.667. The number of fused-ring (bicyclic) bond motifs is 1. The molecule has 1 saturated heterocycles. The van der Waals surface area contributed by atoms with E-state index in [1.165, 1.54) is 68.3 Å². The lowest BCUT2D eigenvalue weighted by atomic mass is 9.85. The van der Waals surface area contributed by atoms with E-state index >= 15 is 0 Å². The number of benzene rings is 1. The highest BCUT2D eigenvalue weighted by Gasteiger charge is 2.30. The van der Waals surface area contributed by atoms with Crippen LogP contribution in [0.1, 0.15) is 61.8 Å². The Morgan fingerprint density at radius 2 is 1.75 bits per heavy atom. The zero-order valence-electron chi connectivity index (χ0n) is 12.7. The second-order valence-corrected chi connectivity index (χ2v) is 6.64. The lowest BCUT2D eigenvalue weighted by molar-refractivity contribution is -0.932. The van der Waals surface area contributed by atoms with Crippen LogP contribution < -0.4 is 4.90 Å². The Morgan fingerprint density at radius 1 is 1.00 bits per heavy atom. The summed E-state index contributed by atoms with van der Waals surface area (Å²) in [7, 11) is 0. The van der Waals surface area contributed by atoms with Gasteiger partial charge in [-0.2, -0.15) is 0 Å². The quantitative estimate of drug-likeness (QED) is 0.866. The van der Waals surface area contributed by atoms with Crippen LogP contribution in [0.5, 0.6) is 0 Å². The maximum atomic E-state index is 10.9. The third kappa shape index (κ3) is 2.77. The molecule has 0 spiro atoms. The molecule has 1 fully saturated rings. The molecule has 1 aromatic rings. The zero-order valence-corrected chi connectivity index (χ0v) is 12.7. The molecule has 0 bridgehead atoms. The Kier molecular flexibility index (Phi) is 4.42. The van der Waals surface area contributed by atoms with E-state index in [1.54, 1.807) is 4.90 Å². The van der Waals surface area contributed by atoms with Gasteiger partial charge in [0.15, 0.2) is 0 Å². The molecule has 1 aliphatic carbocycles. The number of rotatable bonds is 3. The van der Waals surface area contributed by atoms with Gasteiger partial charge in [0.05, 0.1) is 13.1 Å². The van der Waals surface area contributed by atoms with Crippen molar-refractivity contribution in [2.45, 2.75) is 64.0 Å². The van der Waals surface area contributed by atoms with Gasteiger partial charge in [-0.25, -0.2) is 0 Å². The maximum Gasteiger partial charge on any atom is 0.131 e. The van der Waals surface area contributed by atoms with Crippen LogP contribution in [-0.4, -0.2) is 24.2 Å². The molecule has 0 radical (unpaired) electrons. The molecule has 0 aromatic heterocycles. The Balaban J connectivity index is 1.80. The first kappa shape index (κ1) is 14.1. The summed E-state index contributed by atoms with van der Waals surface area (Å²) >= 11 is 0. The summed E-state index contributed by atoms with van der Waals surface area (Å²) in [5.74, 6) is 0. The first-order valence-corrected chi connectivity index (χ1v) is 8.40. The summed E-state index contributed by atoms with van der Waals surface area (Å²) in [6.45, 7) is 4.69. The summed E-state index contributed by atoms with van der Waals surface area (Å²) in [4.78, 5) is 1.59. The van der Waals surface area contributed by atoms with E-state index in [-0.39, 0.29) is 6.10 Å². The Bertz CT molecular complexity index is 451. The molecule has 2 heteroatoms. The van der Waals surface area contributed by atoms with Crippen LogP contribution in [0.25, 0.3) is 0 Å². The fourth-order valence-corrected chi connectivity index (χ4v) is 4.04. The fourth-order valence-electron chi connectivity index (χ4n) is 4.04. The molecule has 0 saturated carbocycles. The molecule has 3 rings (SSSR count). The standard InChI is InChI=1S/C18H27NO/c1-14(19-12-5-2-6-13-19)18(20)17-11-7-9-15-8-3-4-10-16(15)17/h7,9,11,14,18,20H,2-6,8,10,12-13H2,1H3/p+1/t14-,18+/m0/s1. The molecule has 2 N–H and O–H groups in total. The van der Waals surface area contributed by atoms with Gasteiger partial charge in [0.1, 0.15) is 12.1 Å². The third-order valence-corrected chi connectivity index (χ3v) is 5.36. The van der Waals surface area contributed by atoms with E-state index in [0.29, 0.717) is 6.04 Å². The Hall–Kier alpha value is -0.860. The second-order valence-electron chi connectivity index (χ2n) is 6.64. The highest BCUT2D eigenvalue weighted by atomic mass is 16.3. The van der Waals surface area contributed by atoms with Gasteiger partial charge in [-0.1, -0.05) is 18.2 Å². The van der Waals surface area contributed by atoms with Gasteiger partial charge < -0.3 is 10.0 Å². The first-order chi connectivity index (χ1) is 9.77. The molecule has 2 atom stereocenters. The van der Waals surface area contributed by atoms with Gasteiger partial charge >= 0.3 is 0 Å². The smallest absolute Gasteiger partial charge is 0.131 e. The van der Waals surface area contributed by atoms with Crippen LogP contribution in [0.15, 0.2) is 18.2 Å². The molecule has 1 heterocycles. The number of quaternary nitrogens is 1. The average Bonchev–Trinajstić information content (AvgIpc) is 2.54. The highest BCUT2D eigenvalue weighted by molar-refractivity contribution is 5.38. The molecule has 0 unspecified atom stereocenters. The minimum atomic E-state index is -0.295. The predicted octanol–water partition coefficient (Wildman–Crippen LogP) is 2.06. The normalized spacial score (nSPS) is 23.1. The van der Waals surface area contributed by atoms with Crippen molar-refractivity contribution in [1.29, 1.82) is 0 Å². The van der Waals surface area contributed by atoms with E-state index in [4.69, 9.17) is 0 Å². The number of aliphatic hydroxyl groups is 1. The molecule has 1 aromatic carbocycles. The van der Waals surface area contributed by atoms with Crippen molar-refractivity contribution in [1.82, 2.24) is 0 Å². The van der Waals surface area contributed by atoms with Crippen LogP contribution in [0, 0.1) is 0 Å². The van der Waals surface area contributed by atoms with Crippen molar-refractivity contribution in [3.8, 4) is 0 Å². The maximum absolute atomic E-state index is 10.9. The summed E-state index contributed by atoms with van der Waals surface area (Å²) in [5.41, 5.74) is 4.15. The van der Waals surface area contributed by atoms with E-state index < -0.39 is 0 Å². The molecular formula is C18H28NO+. The van der Waals surface area contributed by atoms with Gasteiger partial charge in [-0.05, 0) is 68.6 Å². The van der Waals surface area contributed by atoms with Crippen molar-refractivity contribution in [3.05, 3.63) is 34.9 Å². The van der Waals surface area contributed by atoms with E-state index in [9.17, 15) is 5.11 Å². The molecule has 2 aliphatic rings. The number of piperidine rings is 1. The van der Waals surface area contributed by atoms with E-state index in [2.05, 4.69) is 25.1 Å². The van der Waals surface area contributed by atoms with Crippen LogP contribution in [-0.2, 0) is 12.8 Å². The number of aliphatic hydroxyl groups excluding tert-OH is 1. The van der Waals surface area contributed by atoms with E-state index in [1.807, 2.05) is 0 Å². The number of aryl methyl sites for hydroxylation is 1. The number of hydrogen-bond donors (Lipinski definition) is 2. The predicted molar refractivity (Wildman–Crippen MR) is 82.1 cm³/mol. The molecule has 1 aliphatic heterocycles. The number of nitrogens with one attached hydrogen (secondary N) is 1. The van der Waals surface area contributed by atoms with Gasteiger partial charge in [0.25, 0.3) is 0 Å². The van der Waals surface area contributed by atoms with Crippen LogP contribution in [0.2, 0.25) is 0 Å². The lowest BCUT2D eigenvalue weighted by Crippen LogP contribution is -3.16. The van der Waals surface area contributed by atoms with Crippen molar-refractivity contribution < 1.29 is 10.0 Å². The topological polar surface area (TPSA) is 24.7 Å². The monoisotopic (exact) mass is 274 g/mol. The first-order valence-electron chi connectivity index (χ1n) is 8.40. The SMILES string of the molecule is C[C@@H]([C@@H](O)c1cccc2c1CCCC2)[NH+]1CCCCC1. The third-order valence-electron chi connectivity index (χ3n) is 5.36. The van der Waals surface area contributed by atoms with Gasteiger partial charge in [-0.15, -0.1) is 0 Å². The van der Waals surface area contributed by atoms with Gasteiger partial charge in [-0.3, -0.25) is 0 Å². The highest BCUT2D eigenvalue weighted by Crippen LogP contribution is 2.29. The van der Waals surface area contributed by atoms with Gasteiger partial charge in [0, 0.05) is 0 Å². The molecule has 20 heavy (non-hydrogen) atoms. The molecule has 0 amide bonds. The van der Waals surface area contributed by atoms with Crippen molar-refractivity contribution in [3.63, 3.8) is 0 Å². The molecule has 2 nitrogen and oxygen atoms in total. The summed E-state index contributed by atoms with van der Waals surface area (Å²) in [5, 5.41) is 10.9. The minimum Gasteiger partial charge on any atom is -0.382 e. The zero-order chi connectivity index (χ0) is 13.9. The largest absolute Gasteiger partial charge is 0.382 e. The van der Waals surface area contributed by atoms with E-state index in [0.717, 1.165) is 6.42 Å². The van der Waals surface area contributed by atoms with Crippen molar-refractivity contribution >= 4 is 0 Å². The summed E-state index contributed by atoms with van der Waals surface area (Å²) < 4.78 is 0. The average molecular weight is 274 g/mol. The molecular weight excluding hydrogens is 246 g/mol. The minimum absolute atomic E-state index is 0.295. The lowest BCUT2D eigenvalue weighted by Gasteiger charge is -2.33. The van der Waals surface area contributed by atoms with Crippen molar-refractivity contribution in [2.24, 2.45) is 0 Å². The Morgan fingerprint density at radius 3 is 2.55 bits per heavy atom. The molecule has 110 valence electrons. The second kappa shape index (κ2) is 6.28.